The maximum Gasteiger partial charge on any atom is 0.338 e. The fourth-order valence-electron chi connectivity index (χ4n) is 12.5. The van der Waals surface area contributed by atoms with E-state index in [1.54, 1.807) is 0 Å². The van der Waals surface area contributed by atoms with Gasteiger partial charge in [0.1, 0.15) is 6.61 Å². The van der Waals surface area contributed by atoms with E-state index >= 15 is 4.79 Å². The van der Waals surface area contributed by atoms with Gasteiger partial charge in [0.25, 0.3) is 6.71 Å². The van der Waals surface area contributed by atoms with Gasteiger partial charge in [-0.2, -0.15) is 0 Å². The van der Waals surface area contributed by atoms with Crippen molar-refractivity contribution < 1.29 is 9.53 Å². The average molecular weight is 971 g/mol. The van der Waals surface area contributed by atoms with E-state index in [4.69, 9.17) is 4.74 Å². The quantitative estimate of drug-likeness (QED) is 0.123. The summed E-state index contributed by atoms with van der Waals surface area (Å²) in [6, 6.07) is 41.8. The van der Waals surface area contributed by atoms with E-state index in [2.05, 4.69) is 199 Å². The zero-order chi connectivity index (χ0) is 52.4. The van der Waals surface area contributed by atoms with Crippen LogP contribution >= 0.6 is 0 Å². The van der Waals surface area contributed by atoms with E-state index in [9.17, 15) is 0 Å². The number of anilines is 6. The van der Waals surface area contributed by atoms with Gasteiger partial charge in [-0.05, 0) is 174 Å². The number of benzene rings is 6. The highest BCUT2D eigenvalue weighted by Gasteiger charge is 2.47. The Balaban J connectivity index is 1.36. The molecule has 10 rings (SSSR count). The van der Waals surface area contributed by atoms with Gasteiger partial charge in [-0.1, -0.05) is 191 Å². The predicted molar refractivity (Wildman–Crippen MR) is 312 cm³/mol. The number of esters is 1. The third-order valence-corrected chi connectivity index (χ3v) is 17.4. The fraction of sp³-hybridized carbons (Fsp3) is 0.456. The van der Waals surface area contributed by atoms with Gasteiger partial charge in [0.15, 0.2) is 0 Å². The van der Waals surface area contributed by atoms with Crippen LogP contribution in [-0.2, 0) is 43.8 Å². The molecule has 0 spiro atoms. The van der Waals surface area contributed by atoms with Gasteiger partial charge in [-0.3, -0.25) is 0 Å². The number of hydrogen-bond acceptors (Lipinski definition) is 4. The summed E-state index contributed by atoms with van der Waals surface area (Å²) in [6.45, 7) is 37.9. The Hall–Kier alpha value is -5.55. The molecule has 0 N–H and O–H groups in total. The summed E-state index contributed by atoms with van der Waals surface area (Å²) in [5.41, 5.74) is 21.2. The molecule has 0 amide bonds. The number of nitrogens with zero attached hydrogens (tertiary/aromatic N) is 2. The predicted octanol–water partition coefficient (Wildman–Crippen LogP) is 16.7. The van der Waals surface area contributed by atoms with E-state index in [1.807, 2.05) is 30.3 Å². The van der Waals surface area contributed by atoms with Gasteiger partial charge in [0.2, 0.25) is 0 Å². The van der Waals surface area contributed by atoms with E-state index < -0.39 is 0 Å². The van der Waals surface area contributed by atoms with Gasteiger partial charge in [-0.25, -0.2) is 4.79 Å². The van der Waals surface area contributed by atoms with E-state index in [0.29, 0.717) is 11.5 Å². The minimum Gasteiger partial charge on any atom is -0.457 e. The molecule has 5 heteroatoms. The number of hydrogen-bond donors (Lipinski definition) is 0. The number of carbonyl (C=O) groups is 1. The summed E-state index contributed by atoms with van der Waals surface area (Å²) in [4.78, 5) is 20.2. The molecule has 6 aromatic rings. The van der Waals surface area contributed by atoms with E-state index in [0.717, 1.165) is 41.2 Å². The topological polar surface area (TPSA) is 32.8 Å². The molecule has 2 heterocycles. The monoisotopic (exact) mass is 971 g/mol. The summed E-state index contributed by atoms with van der Waals surface area (Å²) in [5, 5.41) is 0. The normalized spacial score (nSPS) is 17.4. The largest absolute Gasteiger partial charge is 0.457 e. The molecule has 0 saturated heterocycles. The minimum absolute atomic E-state index is 0.00399. The summed E-state index contributed by atoms with van der Waals surface area (Å²) >= 11 is 0. The Morgan fingerprint density at radius 1 is 0.534 bits per heavy atom. The van der Waals surface area contributed by atoms with Crippen molar-refractivity contribution in [2.24, 2.45) is 0 Å². The highest BCUT2D eigenvalue weighted by Crippen LogP contribution is 2.52. The van der Waals surface area contributed by atoms with Crippen LogP contribution in [0, 0.1) is 0 Å². The molecule has 0 aromatic heterocycles. The van der Waals surface area contributed by atoms with Crippen LogP contribution in [0.2, 0.25) is 0 Å². The van der Waals surface area contributed by atoms with Crippen molar-refractivity contribution in [1.29, 1.82) is 0 Å². The van der Waals surface area contributed by atoms with Crippen LogP contribution in [0.1, 0.15) is 217 Å². The third-order valence-electron chi connectivity index (χ3n) is 17.4. The van der Waals surface area contributed by atoms with Crippen molar-refractivity contribution in [1.82, 2.24) is 0 Å². The molecule has 2 aliphatic heterocycles. The standard InChI is InChI=1S/C68H83BN2O2/c1-63(2,3)47-34-48(64(4,5)6)37-51(36-47)70-57-28-27-45(44-25-21-18-22-26-44)31-55(57)69-56-40-53-54(68(15,16)30-29-67(53,13)14)41-58(56)71(52-38-49(65(7,8)9)35-50(39-52)66(10,11)12)60-33-46(32-59(70)61(60)69)62(72)73-42-43-23-19-17-20-24-43/h17,19-20,23-24,27-28,31-41,44H,18,21-22,25-26,29-30,42H2,1-16H3. The number of rotatable bonds is 6. The smallest absolute Gasteiger partial charge is 0.338 e. The van der Waals surface area contributed by atoms with Gasteiger partial charge >= 0.3 is 5.97 Å². The van der Waals surface area contributed by atoms with E-state index in [-0.39, 0.29) is 51.8 Å². The van der Waals surface area contributed by atoms with Crippen LogP contribution in [-0.4, -0.2) is 12.7 Å². The van der Waals surface area contributed by atoms with Crippen LogP contribution in [0.4, 0.5) is 34.1 Å². The Labute approximate surface area is 440 Å². The zero-order valence-electron chi connectivity index (χ0n) is 47.4. The second-order valence-electron chi connectivity index (χ2n) is 28.0. The maximum absolute atomic E-state index is 15.1. The minimum atomic E-state index is -0.324. The molecule has 0 radical (unpaired) electrons. The first-order chi connectivity index (χ1) is 34.1. The van der Waals surface area contributed by atoms with Gasteiger partial charge in [0.05, 0.1) is 5.56 Å². The average Bonchev–Trinajstić information content (AvgIpc) is 3.33. The highest BCUT2D eigenvalue weighted by molar-refractivity contribution is 7.00. The molecule has 0 bridgehead atoms. The van der Waals surface area contributed by atoms with Crippen LogP contribution in [0.25, 0.3) is 0 Å². The van der Waals surface area contributed by atoms with Crippen LogP contribution < -0.4 is 26.2 Å². The first-order valence-corrected chi connectivity index (χ1v) is 27.7. The number of fused-ring (bicyclic) bond motifs is 5. The number of carbonyl (C=O) groups excluding carboxylic acids is 1. The maximum atomic E-state index is 15.1. The molecule has 1 saturated carbocycles. The van der Waals surface area contributed by atoms with Gasteiger partial charge in [0, 0.05) is 34.1 Å². The summed E-state index contributed by atoms with van der Waals surface area (Å²) in [5.74, 6) is 0.209. The van der Waals surface area contributed by atoms with Crippen molar-refractivity contribution in [2.75, 3.05) is 9.80 Å². The van der Waals surface area contributed by atoms with Crippen molar-refractivity contribution in [3.8, 4) is 0 Å². The van der Waals surface area contributed by atoms with Crippen molar-refractivity contribution in [2.45, 2.75) is 201 Å². The second kappa shape index (κ2) is 17.8. The molecule has 1 fully saturated rings. The van der Waals surface area contributed by atoms with Crippen LogP contribution in [0.3, 0.4) is 0 Å². The van der Waals surface area contributed by atoms with Crippen LogP contribution in [0.5, 0.6) is 0 Å². The molecule has 4 nitrogen and oxygen atoms in total. The summed E-state index contributed by atoms with van der Waals surface area (Å²) in [6.07, 6.45) is 8.59. The first kappa shape index (κ1) is 51.0. The van der Waals surface area contributed by atoms with Gasteiger partial charge < -0.3 is 14.5 Å². The SMILES string of the molecule is CC(C)(C)c1cc(N2c3ccc(C4CCCCC4)cc3B3c4cc5c(cc4N(c4cc(C(C)(C)C)cc(C(C)(C)C)c4)c4cc(C(=O)OCc6ccccc6)cc2c43)C(C)(C)CCC5(C)C)cc(C(C)(C)C)c1. The lowest BCUT2D eigenvalue weighted by molar-refractivity contribution is 0.0472. The lowest BCUT2D eigenvalue weighted by Gasteiger charge is -2.48. The second-order valence-corrected chi connectivity index (χ2v) is 28.0. The fourth-order valence-corrected chi connectivity index (χ4v) is 12.5. The molecule has 0 atom stereocenters. The Morgan fingerprint density at radius 3 is 1.49 bits per heavy atom. The van der Waals surface area contributed by atoms with E-state index in [1.165, 1.54) is 98.8 Å². The first-order valence-electron chi connectivity index (χ1n) is 27.7. The van der Waals surface area contributed by atoms with Gasteiger partial charge in [-0.15, -0.1) is 0 Å². The Bertz CT molecular complexity index is 3060. The van der Waals surface area contributed by atoms with Crippen molar-refractivity contribution >= 4 is 63.2 Å². The van der Waals surface area contributed by atoms with Crippen LogP contribution in [0.15, 0.2) is 109 Å². The number of ether oxygens (including phenoxy) is 1. The molecular weight excluding hydrogens is 888 g/mol. The lowest BCUT2D eigenvalue weighted by Crippen LogP contribution is -2.62. The molecule has 2 aliphatic carbocycles. The molecule has 0 unspecified atom stereocenters. The molecule has 380 valence electrons. The molecule has 6 aromatic carbocycles. The van der Waals surface area contributed by atoms with Crippen molar-refractivity contribution in [3.63, 3.8) is 0 Å². The summed E-state index contributed by atoms with van der Waals surface area (Å²) in [7, 11) is 0. The lowest BCUT2D eigenvalue weighted by atomic mass is 9.33. The Kier molecular flexibility index (Phi) is 12.4. The molecule has 4 aliphatic rings. The third kappa shape index (κ3) is 9.39. The Morgan fingerprint density at radius 2 is 1.00 bits per heavy atom. The highest BCUT2D eigenvalue weighted by atomic mass is 16.5. The summed E-state index contributed by atoms with van der Waals surface area (Å²) < 4.78 is 6.36. The zero-order valence-corrected chi connectivity index (χ0v) is 47.4. The molecular formula is C68H83BN2O2. The van der Waals surface area contributed by atoms with Crippen molar-refractivity contribution in [3.05, 3.63) is 159 Å². The molecule has 73 heavy (non-hydrogen) atoms.